The van der Waals surface area contributed by atoms with E-state index in [1.807, 2.05) is 0 Å². The largest absolute Gasteiger partial charge is 0.396 e. The van der Waals surface area contributed by atoms with E-state index in [1.54, 1.807) is 7.11 Å². The third kappa shape index (κ3) is 5.90. The van der Waals surface area contributed by atoms with Crippen molar-refractivity contribution in [3.8, 4) is 12.3 Å². The van der Waals surface area contributed by atoms with Crippen LogP contribution in [0.1, 0.15) is 25.7 Å². The zero-order valence-electron chi connectivity index (χ0n) is 7.05. The molecule has 0 rings (SSSR count). The van der Waals surface area contributed by atoms with E-state index in [0.717, 1.165) is 19.3 Å². The second kappa shape index (κ2) is 7.59. The van der Waals surface area contributed by atoms with Crippen LogP contribution in [0.2, 0.25) is 0 Å². The average Bonchev–Trinajstić information content (AvgIpc) is 2.03. The van der Waals surface area contributed by atoms with Crippen molar-refractivity contribution in [3.05, 3.63) is 0 Å². The molecule has 0 bridgehead atoms. The van der Waals surface area contributed by atoms with Gasteiger partial charge in [0.1, 0.15) is 0 Å². The highest BCUT2D eigenvalue weighted by molar-refractivity contribution is 4.87. The van der Waals surface area contributed by atoms with Crippen LogP contribution in [0.5, 0.6) is 0 Å². The molecule has 0 aliphatic rings. The molecule has 0 aromatic heterocycles. The van der Waals surface area contributed by atoms with Gasteiger partial charge in [0, 0.05) is 20.1 Å². The number of ether oxygens (including phenoxy) is 1. The molecule has 1 unspecified atom stereocenters. The van der Waals surface area contributed by atoms with Crippen LogP contribution in [0.3, 0.4) is 0 Å². The summed E-state index contributed by atoms with van der Waals surface area (Å²) in [4.78, 5) is 0. The number of terminal acetylenes is 1. The number of aliphatic hydroxyl groups is 1. The lowest BCUT2D eigenvalue weighted by Crippen LogP contribution is -2.09. The molecule has 1 N–H and O–H groups in total. The molecular formula is C9H16O2. The fourth-order valence-corrected chi connectivity index (χ4v) is 0.919. The Morgan fingerprint density at radius 1 is 1.55 bits per heavy atom. The zero-order chi connectivity index (χ0) is 8.53. The molecule has 2 heteroatoms. The summed E-state index contributed by atoms with van der Waals surface area (Å²) in [5.41, 5.74) is 0. The SMILES string of the molecule is C#CCC(CCCCO)OC. The number of aliphatic hydroxyl groups excluding tert-OH is 1. The third-order valence-corrected chi connectivity index (χ3v) is 1.61. The summed E-state index contributed by atoms with van der Waals surface area (Å²) in [7, 11) is 1.67. The Bertz CT molecular complexity index is 115. The van der Waals surface area contributed by atoms with Gasteiger partial charge in [-0.3, -0.25) is 0 Å². The lowest BCUT2D eigenvalue weighted by Gasteiger charge is -2.10. The molecule has 0 saturated heterocycles. The minimum atomic E-state index is 0.173. The van der Waals surface area contributed by atoms with Crippen molar-refractivity contribution in [1.29, 1.82) is 0 Å². The number of hydrogen-bond acceptors (Lipinski definition) is 2. The van der Waals surface area contributed by atoms with Crippen molar-refractivity contribution in [1.82, 2.24) is 0 Å². The Morgan fingerprint density at radius 3 is 2.73 bits per heavy atom. The van der Waals surface area contributed by atoms with Gasteiger partial charge in [0.15, 0.2) is 0 Å². The van der Waals surface area contributed by atoms with Crippen molar-refractivity contribution in [2.24, 2.45) is 0 Å². The maximum absolute atomic E-state index is 8.50. The van der Waals surface area contributed by atoms with E-state index in [0.29, 0.717) is 6.42 Å². The lowest BCUT2D eigenvalue weighted by atomic mass is 10.1. The molecular weight excluding hydrogens is 140 g/mol. The average molecular weight is 156 g/mol. The first-order chi connectivity index (χ1) is 5.35. The zero-order valence-corrected chi connectivity index (χ0v) is 7.05. The van der Waals surface area contributed by atoms with Gasteiger partial charge in [-0.15, -0.1) is 12.3 Å². The number of hydrogen-bond donors (Lipinski definition) is 1. The quantitative estimate of drug-likeness (QED) is 0.462. The molecule has 2 nitrogen and oxygen atoms in total. The minimum absolute atomic E-state index is 0.173. The Balaban J connectivity index is 3.30. The molecule has 0 amide bonds. The van der Waals surface area contributed by atoms with E-state index in [-0.39, 0.29) is 12.7 Å². The molecule has 0 heterocycles. The van der Waals surface area contributed by atoms with Crippen molar-refractivity contribution in [2.75, 3.05) is 13.7 Å². The number of methoxy groups -OCH3 is 1. The summed E-state index contributed by atoms with van der Waals surface area (Å²) < 4.78 is 5.11. The van der Waals surface area contributed by atoms with E-state index in [2.05, 4.69) is 5.92 Å². The molecule has 0 saturated carbocycles. The summed E-state index contributed by atoms with van der Waals surface area (Å²) in [5.74, 6) is 2.56. The molecule has 0 aliphatic carbocycles. The Kier molecular flexibility index (Phi) is 7.23. The van der Waals surface area contributed by atoms with Crippen LogP contribution in [0.4, 0.5) is 0 Å². The van der Waals surface area contributed by atoms with E-state index < -0.39 is 0 Å². The van der Waals surface area contributed by atoms with Crippen molar-refractivity contribution < 1.29 is 9.84 Å². The van der Waals surface area contributed by atoms with Gasteiger partial charge in [0.05, 0.1) is 6.10 Å². The van der Waals surface area contributed by atoms with E-state index >= 15 is 0 Å². The first-order valence-corrected chi connectivity index (χ1v) is 3.92. The van der Waals surface area contributed by atoms with Gasteiger partial charge in [-0.05, 0) is 19.3 Å². The minimum Gasteiger partial charge on any atom is -0.396 e. The van der Waals surface area contributed by atoms with Crippen LogP contribution in [0, 0.1) is 12.3 Å². The monoisotopic (exact) mass is 156 g/mol. The smallest absolute Gasteiger partial charge is 0.0680 e. The first-order valence-electron chi connectivity index (χ1n) is 3.92. The summed E-state index contributed by atoms with van der Waals surface area (Å²) in [5, 5.41) is 8.50. The molecule has 1 atom stereocenters. The third-order valence-electron chi connectivity index (χ3n) is 1.61. The standard InChI is InChI=1S/C9H16O2/c1-3-6-9(11-2)7-4-5-8-10/h1,9-10H,4-8H2,2H3. The van der Waals surface area contributed by atoms with Gasteiger partial charge in [0.25, 0.3) is 0 Å². The lowest BCUT2D eigenvalue weighted by molar-refractivity contribution is 0.0956. The predicted octanol–water partition coefficient (Wildman–Crippen LogP) is 1.19. The summed E-state index contributed by atoms with van der Waals surface area (Å²) in [6.45, 7) is 0.256. The van der Waals surface area contributed by atoms with Crippen LogP contribution < -0.4 is 0 Å². The molecule has 0 aromatic carbocycles. The molecule has 64 valence electrons. The summed E-state index contributed by atoms with van der Waals surface area (Å²) in [6, 6.07) is 0. The van der Waals surface area contributed by atoms with Crippen LogP contribution >= 0.6 is 0 Å². The summed E-state index contributed by atoms with van der Waals surface area (Å²) in [6.07, 6.45) is 8.74. The van der Waals surface area contributed by atoms with Crippen LogP contribution in [0.15, 0.2) is 0 Å². The molecule has 0 aliphatic heterocycles. The maximum atomic E-state index is 8.50. The fourth-order valence-electron chi connectivity index (χ4n) is 0.919. The van der Waals surface area contributed by atoms with Gasteiger partial charge in [-0.1, -0.05) is 0 Å². The molecule has 0 aromatic rings. The van der Waals surface area contributed by atoms with Crippen molar-refractivity contribution >= 4 is 0 Å². The number of unbranched alkanes of at least 4 members (excludes halogenated alkanes) is 1. The highest BCUT2D eigenvalue weighted by Gasteiger charge is 2.03. The summed E-state index contributed by atoms with van der Waals surface area (Å²) >= 11 is 0. The highest BCUT2D eigenvalue weighted by Crippen LogP contribution is 2.06. The molecule has 0 radical (unpaired) electrons. The molecule has 0 fully saturated rings. The Morgan fingerprint density at radius 2 is 2.27 bits per heavy atom. The normalized spacial score (nSPS) is 12.5. The first kappa shape index (κ1) is 10.5. The van der Waals surface area contributed by atoms with Crippen LogP contribution in [0.25, 0.3) is 0 Å². The maximum Gasteiger partial charge on any atom is 0.0680 e. The second-order valence-corrected chi connectivity index (χ2v) is 2.49. The van der Waals surface area contributed by atoms with Gasteiger partial charge >= 0.3 is 0 Å². The highest BCUT2D eigenvalue weighted by atomic mass is 16.5. The van der Waals surface area contributed by atoms with E-state index in [9.17, 15) is 0 Å². The van der Waals surface area contributed by atoms with Gasteiger partial charge < -0.3 is 9.84 Å². The molecule has 11 heavy (non-hydrogen) atoms. The fraction of sp³-hybridized carbons (Fsp3) is 0.778. The number of rotatable bonds is 6. The van der Waals surface area contributed by atoms with Gasteiger partial charge in [-0.2, -0.15) is 0 Å². The van der Waals surface area contributed by atoms with Gasteiger partial charge in [-0.25, -0.2) is 0 Å². The Hall–Kier alpha value is -0.520. The van der Waals surface area contributed by atoms with E-state index in [4.69, 9.17) is 16.3 Å². The van der Waals surface area contributed by atoms with Crippen molar-refractivity contribution in [2.45, 2.75) is 31.8 Å². The van der Waals surface area contributed by atoms with Crippen molar-refractivity contribution in [3.63, 3.8) is 0 Å². The van der Waals surface area contributed by atoms with Crippen LogP contribution in [-0.2, 0) is 4.74 Å². The predicted molar refractivity (Wildman–Crippen MR) is 45.2 cm³/mol. The van der Waals surface area contributed by atoms with Gasteiger partial charge in [0.2, 0.25) is 0 Å². The molecule has 0 spiro atoms. The second-order valence-electron chi connectivity index (χ2n) is 2.49. The van der Waals surface area contributed by atoms with Crippen LogP contribution in [-0.4, -0.2) is 24.9 Å². The topological polar surface area (TPSA) is 29.5 Å². The van der Waals surface area contributed by atoms with E-state index in [1.165, 1.54) is 0 Å². The Labute approximate surface area is 68.6 Å².